The summed E-state index contributed by atoms with van der Waals surface area (Å²) in [6, 6.07) is 10.1. The Labute approximate surface area is 170 Å². The minimum absolute atomic E-state index is 0.0580. The number of fused-ring (bicyclic) bond motifs is 1. The Morgan fingerprint density at radius 3 is 2.48 bits per heavy atom. The molecule has 5 rings (SSSR count). The van der Waals surface area contributed by atoms with Gasteiger partial charge in [0.05, 0.1) is 11.9 Å². The van der Waals surface area contributed by atoms with Gasteiger partial charge in [-0.3, -0.25) is 9.69 Å². The van der Waals surface area contributed by atoms with Crippen molar-refractivity contribution < 1.29 is 14.3 Å². The van der Waals surface area contributed by atoms with E-state index in [2.05, 4.69) is 26.9 Å². The van der Waals surface area contributed by atoms with Crippen molar-refractivity contribution in [2.24, 2.45) is 0 Å². The van der Waals surface area contributed by atoms with Crippen LogP contribution in [0.5, 0.6) is 11.5 Å². The number of anilines is 1. The Kier molecular flexibility index (Phi) is 4.97. The Morgan fingerprint density at radius 1 is 0.931 bits per heavy atom. The molecule has 0 spiro atoms. The lowest BCUT2D eigenvalue weighted by atomic mass is 10.1. The zero-order chi connectivity index (χ0) is 19.6. The van der Waals surface area contributed by atoms with E-state index in [4.69, 9.17) is 9.47 Å². The van der Waals surface area contributed by atoms with Gasteiger partial charge in [-0.25, -0.2) is 4.98 Å². The molecule has 0 N–H and O–H groups in total. The average molecular weight is 394 g/mol. The number of rotatable bonds is 4. The Bertz CT molecular complexity index is 872. The van der Waals surface area contributed by atoms with Crippen LogP contribution >= 0.6 is 0 Å². The molecule has 2 aromatic rings. The highest BCUT2D eigenvalue weighted by Gasteiger charge is 2.22. The van der Waals surface area contributed by atoms with Crippen LogP contribution < -0.4 is 14.4 Å². The van der Waals surface area contributed by atoms with Crippen LogP contribution in [0.4, 0.5) is 5.69 Å². The average Bonchev–Trinajstić information content (AvgIpc) is 3.46. The molecule has 1 amide bonds. The molecule has 4 heterocycles. The lowest BCUT2D eigenvalue weighted by molar-refractivity contribution is 0.0787. The molecular formula is C22H26N4O3. The summed E-state index contributed by atoms with van der Waals surface area (Å²) < 4.78 is 10.9. The fourth-order valence-corrected chi connectivity index (χ4v) is 4.24. The fraction of sp³-hybridized carbons (Fsp3) is 0.455. The van der Waals surface area contributed by atoms with Crippen LogP contribution in [0.3, 0.4) is 0 Å². The van der Waals surface area contributed by atoms with Crippen LogP contribution in [0.15, 0.2) is 36.5 Å². The highest BCUT2D eigenvalue weighted by molar-refractivity contribution is 5.92. The summed E-state index contributed by atoms with van der Waals surface area (Å²) in [6.07, 6.45) is 4.04. The van der Waals surface area contributed by atoms with Crippen LogP contribution in [0, 0.1) is 0 Å². The molecule has 29 heavy (non-hydrogen) atoms. The molecule has 2 saturated heterocycles. The van der Waals surface area contributed by atoms with E-state index in [-0.39, 0.29) is 5.91 Å². The monoisotopic (exact) mass is 394 g/mol. The van der Waals surface area contributed by atoms with Crippen LogP contribution in [0.25, 0.3) is 0 Å². The highest BCUT2D eigenvalue weighted by atomic mass is 16.7. The van der Waals surface area contributed by atoms with Gasteiger partial charge in [0.15, 0.2) is 11.5 Å². The van der Waals surface area contributed by atoms with Gasteiger partial charge in [0.2, 0.25) is 6.79 Å². The molecule has 1 aromatic carbocycles. The summed E-state index contributed by atoms with van der Waals surface area (Å²) >= 11 is 0. The van der Waals surface area contributed by atoms with Gasteiger partial charge in [-0.05, 0) is 42.7 Å². The number of aromatic nitrogens is 1. The zero-order valence-corrected chi connectivity index (χ0v) is 16.5. The first kappa shape index (κ1) is 18.2. The van der Waals surface area contributed by atoms with Crippen molar-refractivity contribution in [2.75, 3.05) is 51.0 Å². The van der Waals surface area contributed by atoms with Gasteiger partial charge in [0, 0.05) is 45.8 Å². The summed E-state index contributed by atoms with van der Waals surface area (Å²) in [5.41, 5.74) is 2.89. The smallest absolute Gasteiger partial charge is 0.272 e. The maximum Gasteiger partial charge on any atom is 0.272 e. The van der Waals surface area contributed by atoms with Crippen molar-refractivity contribution in [1.29, 1.82) is 0 Å². The SMILES string of the molecule is O=C(c1ccc(N2CCN(Cc3ccc4c(c3)OCO4)CC2)cn1)N1CCCC1. The van der Waals surface area contributed by atoms with Crippen molar-refractivity contribution in [1.82, 2.24) is 14.8 Å². The molecule has 0 aliphatic carbocycles. The second-order valence-electron chi connectivity index (χ2n) is 7.85. The standard InChI is InChI=1S/C22H26N4O3/c27-22(26-7-1-2-8-26)19-5-4-18(14-23-19)25-11-9-24(10-12-25)15-17-3-6-20-21(13-17)29-16-28-20/h3-6,13-14H,1-2,7-12,15-16H2. The van der Waals surface area contributed by atoms with Crippen LogP contribution in [0.1, 0.15) is 28.9 Å². The molecule has 0 saturated carbocycles. The molecule has 1 aromatic heterocycles. The number of nitrogens with zero attached hydrogens (tertiary/aromatic N) is 4. The number of piperazine rings is 1. The van der Waals surface area contributed by atoms with E-state index < -0.39 is 0 Å². The third kappa shape index (κ3) is 3.87. The minimum Gasteiger partial charge on any atom is -0.454 e. The lowest BCUT2D eigenvalue weighted by Crippen LogP contribution is -2.46. The third-order valence-electron chi connectivity index (χ3n) is 5.94. The lowest BCUT2D eigenvalue weighted by Gasteiger charge is -2.36. The van der Waals surface area contributed by atoms with Gasteiger partial charge < -0.3 is 19.3 Å². The molecule has 0 atom stereocenters. The molecule has 3 aliphatic heterocycles. The second-order valence-corrected chi connectivity index (χ2v) is 7.85. The Hall–Kier alpha value is -2.80. The molecule has 3 aliphatic rings. The zero-order valence-electron chi connectivity index (χ0n) is 16.5. The number of hydrogen-bond donors (Lipinski definition) is 0. The van der Waals surface area contributed by atoms with Gasteiger partial charge in [-0.2, -0.15) is 0 Å². The van der Waals surface area contributed by atoms with Gasteiger partial charge >= 0.3 is 0 Å². The van der Waals surface area contributed by atoms with E-state index in [1.54, 1.807) is 0 Å². The molecule has 0 bridgehead atoms. The Balaban J connectivity index is 1.16. The largest absolute Gasteiger partial charge is 0.454 e. The molecule has 2 fully saturated rings. The van der Waals surface area contributed by atoms with E-state index in [0.717, 1.165) is 75.8 Å². The number of carbonyl (C=O) groups is 1. The molecular weight excluding hydrogens is 368 g/mol. The molecule has 0 radical (unpaired) electrons. The summed E-state index contributed by atoms with van der Waals surface area (Å²) in [4.78, 5) is 23.6. The molecule has 0 unspecified atom stereocenters. The third-order valence-corrected chi connectivity index (χ3v) is 5.94. The molecule has 7 nitrogen and oxygen atoms in total. The van der Waals surface area contributed by atoms with E-state index in [0.29, 0.717) is 12.5 Å². The number of pyridine rings is 1. The van der Waals surface area contributed by atoms with Crippen molar-refractivity contribution in [3.8, 4) is 11.5 Å². The summed E-state index contributed by atoms with van der Waals surface area (Å²) in [7, 11) is 0. The van der Waals surface area contributed by atoms with E-state index >= 15 is 0 Å². The highest BCUT2D eigenvalue weighted by Crippen LogP contribution is 2.33. The maximum atomic E-state index is 12.4. The number of benzene rings is 1. The van der Waals surface area contributed by atoms with Crippen molar-refractivity contribution >= 4 is 11.6 Å². The van der Waals surface area contributed by atoms with Crippen LogP contribution in [-0.2, 0) is 6.54 Å². The first-order valence-corrected chi connectivity index (χ1v) is 10.4. The maximum absolute atomic E-state index is 12.4. The predicted molar refractivity (Wildman–Crippen MR) is 109 cm³/mol. The number of ether oxygens (including phenoxy) is 2. The van der Waals surface area contributed by atoms with Crippen molar-refractivity contribution in [3.63, 3.8) is 0 Å². The fourth-order valence-electron chi connectivity index (χ4n) is 4.24. The summed E-state index contributed by atoms with van der Waals surface area (Å²) in [6.45, 7) is 6.81. The van der Waals surface area contributed by atoms with E-state index in [1.165, 1.54) is 5.56 Å². The number of likely N-dealkylation sites (tertiary alicyclic amines) is 1. The second kappa shape index (κ2) is 7.91. The predicted octanol–water partition coefficient (Wildman–Crippen LogP) is 2.37. The quantitative estimate of drug-likeness (QED) is 0.794. The van der Waals surface area contributed by atoms with Gasteiger partial charge in [0.1, 0.15) is 5.69 Å². The minimum atomic E-state index is 0.0580. The topological polar surface area (TPSA) is 58.1 Å². The van der Waals surface area contributed by atoms with Crippen LogP contribution in [-0.4, -0.2) is 66.8 Å². The van der Waals surface area contributed by atoms with Crippen molar-refractivity contribution in [3.05, 3.63) is 47.8 Å². The first-order chi connectivity index (χ1) is 14.3. The number of hydrogen-bond acceptors (Lipinski definition) is 6. The summed E-state index contributed by atoms with van der Waals surface area (Å²) in [5.74, 6) is 1.73. The van der Waals surface area contributed by atoms with E-state index in [1.807, 2.05) is 29.3 Å². The van der Waals surface area contributed by atoms with Crippen molar-refractivity contribution in [2.45, 2.75) is 19.4 Å². The van der Waals surface area contributed by atoms with E-state index in [9.17, 15) is 4.79 Å². The van der Waals surface area contributed by atoms with Gasteiger partial charge in [-0.1, -0.05) is 6.07 Å². The van der Waals surface area contributed by atoms with Crippen LogP contribution in [0.2, 0.25) is 0 Å². The van der Waals surface area contributed by atoms with Gasteiger partial charge in [0.25, 0.3) is 5.91 Å². The normalized spacial score (nSPS) is 19.0. The Morgan fingerprint density at radius 2 is 1.72 bits per heavy atom. The first-order valence-electron chi connectivity index (χ1n) is 10.4. The molecule has 7 heteroatoms. The van der Waals surface area contributed by atoms with Gasteiger partial charge in [-0.15, -0.1) is 0 Å². The number of amides is 1. The number of carbonyl (C=O) groups excluding carboxylic acids is 1. The summed E-state index contributed by atoms with van der Waals surface area (Å²) in [5, 5.41) is 0. The molecule has 152 valence electrons.